The van der Waals surface area contributed by atoms with Crippen molar-refractivity contribution in [2.75, 3.05) is 6.61 Å². The Morgan fingerprint density at radius 3 is 2.83 bits per heavy atom. The molecule has 0 bridgehead atoms. The first kappa shape index (κ1) is 27.6. The van der Waals surface area contributed by atoms with Crippen LogP contribution in [0, 0.1) is 11.6 Å². The molecule has 0 aliphatic rings. The molecule has 0 spiro atoms. The predicted octanol–water partition coefficient (Wildman–Crippen LogP) is 4.77. The maximum absolute atomic E-state index is 13.7. The maximum atomic E-state index is 13.7. The highest BCUT2D eigenvalue weighted by molar-refractivity contribution is 7.15. The number of pyridine rings is 2. The van der Waals surface area contributed by atoms with Gasteiger partial charge in [-0.05, 0) is 42.0 Å². The average molecular weight is 576 g/mol. The third-order valence-electron chi connectivity index (χ3n) is 6.18. The molecule has 5 aromatic rings. The number of nitrogens with one attached hydrogen (secondary N) is 2. The molecule has 5 rings (SSSR count). The van der Waals surface area contributed by atoms with Gasteiger partial charge < -0.3 is 19.6 Å². The van der Waals surface area contributed by atoms with Crippen LogP contribution < -0.4 is 10.9 Å². The van der Waals surface area contributed by atoms with Gasteiger partial charge in [0.05, 0.1) is 23.9 Å². The monoisotopic (exact) mass is 575 g/mol. The molecule has 208 valence electrons. The van der Waals surface area contributed by atoms with Gasteiger partial charge in [-0.2, -0.15) is 0 Å². The van der Waals surface area contributed by atoms with E-state index in [-0.39, 0.29) is 25.1 Å². The third-order valence-corrected chi connectivity index (χ3v) is 7.32. The second kappa shape index (κ2) is 12.0. The molecule has 0 radical (unpaired) electrons. The molecule has 4 aromatic heterocycles. The summed E-state index contributed by atoms with van der Waals surface area (Å²) in [6, 6.07) is 8.99. The van der Waals surface area contributed by atoms with Crippen LogP contribution in [0.25, 0.3) is 21.5 Å². The zero-order valence-corrected chi connectivity index (χ0v) is 22.3. The van der Waals surface area contributed by atoms with Gasteiger partial charge >= 0.3 is 5.97 Å². The number of H-pyrrole nitrogens is 1. The normalized spacial score (nSPS) is 11.8. The van der Waals surface area contributed by atoms with Crippen LogP contribution in [0.1, 0.15) is 33.4 Å². The van der Waals surface area contributed by atoms with Crippen molar-refractivity contribution in [3.05, 3.63) is 118 Å². The van der Waals surface area contributed by atoms with Crippen molar-refractivity contribution in [2.45, 2.75) is 19.0 Å². The maximum Gasteiger partial charge on any atom is 0.308 e. The summed E-state index contributed by atoms with van der Waals surface area (Å²) in [4.78, 5) is 51.6. The van der Waals surface area contributed by atoms with E-state index >= 15 is 0 Å². The second-order valence-corrected chi connectivity index (χ2v) is 10.0. The summed E-state index contributed by atoms with van der Waals surface area (Å²) in [5.41, 5.74) is 1.07. The number of rotatable bonds is 10. The zero-order valence-electron chi connectivity index (χ0n) is 21.5. The molecule has 9 nitrogen and oxygen atoms in total. The molecule has 0 fully saturated rings. The van der Waals surface area contributed by atoms with Crippen LogP contribution in [0.2, 0.25) is 0 Å². The summed E-state index contributed by atoms with van der Waals surface area (Å²) in [6.45, 7) is 3.45. The smallest absolute Gasteiger partial charge is 0.308 e. The van der Waals surface area contributed by atoms with E-state index < -0.39 is 35.1 Å². The molecular formula is C29H23F2N5O4S. The first-order chi connectivity index (χ1) is 19.8. The van der Waals surface area contributed by atoms with Crippen molar-refractivity contribution in [3.63, 3.8) is 0 Å². The number of hydrogen-bond donors (Lipinski definition) is 2. The number of carbonyl (C=O) groups excluding carboxylic acids is 2. The molecule has 1 amide bonds. The van der Waals surface area contributed by atoms with Gasteiger partial charge in [0, 0.05) is 35.7 Å². The van der Waals surface area contributed by atoms with Gasteiger partial charge in [0.1, 0.15) is 22.8 Å². The van der Waals surface area contributed by atoms with Crippen LogP contribution >= 0.6 is 11.3 Å². The Morgan fingerprint density at radius 1 is 1.17 bits per heavy atom. The van der Waals surface area contributed by atoms with Crippen molar-refractivity contribution >= 4 is 34.2 Å². The van der Waals surface area contributed by atoms with E-state index in [2.05, 4.69) is 26.8 Å². The number of fused-ring (bicyclic) bond motifs is 1. The highest BCUT2D eigenvalue weighted by Crippen LogP contribution is 2.34. The number of esters is 1. The van der Waals surface area contributed by atoms with Crippen LogP contribution in [0.5, 0.6) is 0 Å². The molecule has 2 N–H and O–H groups in total. The molecular weight excluding hydrogens is 552 g/mol. The van der Waals surface area contributed by atoms with E-state index in [4.69, 9.17) is 4.74 Å². The van der Waals surface area contributed by atoms with Crippen molar-refractivity contribution in [1.82, 2.24) is 24.8 Å². The van der Waals surface area contributed by atoms with Crippen molar-refractivity contribution in [2.24, 2.45) is 0 Å². The fourth-order valence-corrected chi connectivity index (χ4v) is 5.21. The number of aromatic amines is 1. The quantitative estimate of drug-likeness (QED) is 0.183. The SMILES string of the molecule is C=CCOC(=O)C[C@@H](NC(=O)c1cccn(Cc2ccc(F)c(F)c2)c1=O)c1ncc(-c2c[nH]c3ncccc23)s1. The second-order valence-electron chi connectivity index (χ2n) is 8.97. The fraction of sp³-hybridized carbons (Fsp3) is 0.138. The van der Waals surface area contributed by atoms with Crippen LogP contribution in [-0.2, 0) is 16.1 Å². The minimum atomic E-state index is -1.04. The first-order valence-electron chi connectivity index (χ1n) is 12.4. The predicted molar refractivity (Wildman–Crippen MR) is 149 cm³/mol. The molecule has 0 aliphatic carbocycles. The summed E-state index contributed by atoms with van der Waals surface area (Å²) < 4.78 is 33.3. The first-order valence-corrected chi connectivity index (χ1v) is 13.2. The lowest BCUT2D eigenvalue weighted by atomic mass is 10.1. The summed E-state index contributed by atoms with van der Waals surface area (Å²) in [6.07, 6.45) is 7.75. The number of halogens is 2. The van der Waals surface area contributed by atoms with Gasteiger partial charge in [-0.3, -0.25) is 14.4 Å². The summed E-state index contributed by atoms with van der Waals surface area (Å²) in [5.74, 6) is -3.36. The number of carbonyl (C=O) groups is 2. The number of nitrogens with zero attached hydrogens (tertiary/aromatic N) is 3. The Morgan fingerprint density at radius 2 is 2.02 bits per heavy atom. The molecule has 0 saturated heterocycles. The van der Waals surface area contributed by atoms with Gasteiger partial charge in [0.15, 0.2) is 11.6 Å². The lowest BCUT2D eigenvalue weighted by Crippen LogP contribution is -2.36. The van der Waals surface area contributed by atoms with E-state index in [0.717, 1.165) is 28.0 Å². The van der Waals surface area contributed by atoms with Crippen molar-refractivity contribution in [1.29, 1.82) is 0 Å². The largest absolute Gasteiger partial charge is 0.461 e. The minimum Gasteiger partial charge on any atom is -0.461 e. The molecule has 0 aliphatic heterocycles. The number of benzene rings is 1. The standard InChI is InChI=1S/C29H23F2N5O4S/c1-2-11-40-25(37)13-23(28-34-15-24(41-28)20-14-33-26-18(20)5-3-9-32-26)35-27(38)19-6-4-10-36(29(19)39)16-17-7-8-21(30)22(31)12-17/h2-10,12,14-15,23H,1,11,13,16H2,(H,32,33)(H,35,38)/t23-/m1/s1. The van der Waals surface area contributed by atoms with E-state index in [1.54, 1.807) is 18.6 Å². The van der Waals surface area contributed by atoms with Gasteiger partial charge in [-0.1, -0.05) is 18.7 Å². The average Bonchev–Trinajstić information content (AvgIpc) is 3.62. The molecule has 12 heteroatoms. The van der Waals surface area contributed by atoms with Crippen LogP contribution in [-0.4, -0.2) is 38.0 Å². The van der Waals surface area contributed by atoms with Crippen LogP contribution in [0.15, 0.2) is 84.7 Å². The number of ether oxygens (including phenoxy) is 1. The number of aromatic nitrogens is 4. The summed E-state index contributed by atoms with van der Waals surface area (Å²) in [5, 5.41) is 4.06. The van der Waals surface area contributed by atoms with Crippen molar-refractivity contribution < 1.29 is 23.1 Å². The Bertz CT molecular complexity index is 1810. The van der Waals surface area contributed by atoms with Crippen LogP contribution in [0.4, 0.5) is 8.78 Å². The van der Waals surface area contributed by atoms with Crippen molar-refractivity contribution in [3.8, 4) is 10.4 Å². The molecule has 1 atom stereocenters. The van der Waals surface area contributed by atoms with Crippen LogP contribution in [0.3, 0.4) is 0 Å². The molecule has 41 heavy (non-hydrogen) atoms. The number of hydrogen-bond acceptors (Lipinski definition) is 7. The Labute approximate surface area is 236 Å². The van der Waals surface area contributed by atoms with E-state index in [1.165, 1.54) is 46.4 Å². The van der Waals surface area contributed by atoms with Gasteiger partial charge in [0.25, 0.3) is 11.5 Å². The number of amides is 1. The molecule has 1 aromatic carbocycles. The molecule has 0 unspecified atom stereocenters. The minimum absolute atomic E-state index is 0.00166. The zero-order chi connectivity index (χ0) is 28.9. The van der Waals surface area contributed by atoms with Gasteiger partial charge in [-0.25, -0.2) is 18.7 Å². The van der Waals surface area contributed by atoms with Gasteiger partial charge in [0.2, 0.25) is 0 Å². The Kier molecular flexibility index (Phi) is 8.11. The third kappa shape index (κ3) is 6.12. The molecule has 4 heterocycles. The lowest BCUT2D eigenvalue weighted by molar-refractivity contribution is -0.142. The lowest BCUT2D eigenvalue weighted by Gasteiger charge is -2.16. The number of thiazole rings is 1. The van der Waals surface area contributed by atoms with E-state index in [9.17, 15) is 23.2 Å². The molecule has 0 saturated carbocycles. The highest BCUT2D eigenvalue weighted by Gasteiger charge is 2.25. The Balaban J connectivity index is 1.41. The summed E-state index contributed by atoms with van der Waals surface area (Å²) in [7, 11) is 0. The van der Waals surface area contributed by atoms with Gasteiger partial charge in [-0.15, -0.1) is 11.3 Å². The fourth-order valence-electron chi connectivity index (χ4n) is 4.22. The topological polar surface area (TPSA) is 119 Å². The Hall–Kier alpha value is -4.97. The van der Waals surface area contributed by atoms with E-state index in [0.29, 0.717) is 16.2 Å². The summed E-state index contributed by atoms with van der Waals surface area (Å²) >= 11 is 1.28. The highest BCUT2D eigenvalue weighted by atomic mass is 32.1. The van der Waals surface area contributed by atoms with E-state index in [1.807, 2.05) is 12.1 Å².